The number of aromatic nitrogens is 1. The van der Waals surface area contributed by atoms with E-state index in [-0.39, 0.29) is 12.5 Å². The Bertz CT molecular complexity index is 550. The molecule has 5 heteroatoms. The summed E-state index contributed by atoms with van der Waals surface area (Å²) in [5, 5.41) is 11.6. The molecule has 5 nitrogen and oxygen atoms in total. The van der Waals surface area contributed by atoms with E-state index in [0.717, 1.165) is 5.75 Å². The molecule has 1 heterocycles. The van der Waals surface area contributed by atoms with Gasteiger partial charge in [0.15, 0.2) is 0 Å². The van der Waals surface area contributed by atoms with Gasteiger partial charge >= 0.3 is 0 Å². The summed E-state index contributed by atoms with van der Waals surface area (Å²) in [5.41, 5.74) is 1.64. The highest BCUT2D eigenvalue weighted by atomic mass is 16.5. The maximum Gasteiger partial charge on any atom is 0.257 e. The Morgan fingerprint density at radius 3 is 2.53 bits per heavy atom. The summed E-state index contributed by atoms with van der Waals surface area (Å²) in [5.74, 6) is 0.481. The second kappa shape index (κ2) is 5.97. The molecule has 0 saturated heterocycles. The minimum atomic E-state index is -0.248. The first kappa shape index (κ1) is 13.0. The van der Waals surface area contributed by atoms with Gasteiger partial charge in [0.2, 0.25) is 0 Å². The third-order valence-electron chi connectivity index (χ3n) is 2.60. The fourth-order valence-corrected chi connectivity index (χ4v) is 1.53. The predicted octanol–water partition coefficient (Wildman–Crippen LogP) is 1.83. The molecule has 0 fully saturated rings. The molecule has 0 spiro atoms. The monoisotopic (exact) mass is 258 g/mol. The van der Waals surface area contributed by atoms with Crippen LogP contribution in [0.5, 0.6) is 5.75 Å². The molecule has 0 aliphatic rings. The molecular formula is C14H14N2O3. The fraction of sp³-hybridized carbons (Fsp3) is 0.143. The summed E-state index contributed by atoms with van der Waals surface area (Å²) in [4.78, 5) is 15.9. The molecule has 0 radical (unpaired) electrons. The molecule has 19 heavy (non-hydrogen) atoms. The van der Waals surface area contributed by atoms with Crippen LogP contribution in [0.1, 0.15) is 16.1 Å². The summed E-state index contributed by atoms with van der Waals surface area (Å²) in [6.07, 6.45) is 1.43. The van der Waals surface area contributed by atoms with Gasteiger partial charge in [-0.3, -0.25) is 9.78 Å². The third-order valence-corrected chi connectivity index (χ3v) is 2.60. The average Bonchev–Trinajstić information content (AvgIpc) is 2.48. The number of ether oxygens (including phenoxy) is 1. The lowest BCUT2D eigenvalue weighted by Crippen LogP contribution is -2.12. The van der Waals surface area contributed by atoms with Crippen LogP contribution in [0.25, 0.3) is 0 Å². The number of nitrogens with one attached hydrogen (secondary N) is 1. The number of nitrogens with zero attached hydrogens (tertiary/aromatic N) is 1. The quantitative estimate of drug-likeness (QED) is 0.877. The van der Waals surface area contributed by atoms with Crippen molar-refractivity contribution in [3.63, 3.8) is 0 Å². The van der Waals surface area contributed by atoms with Gasteiger partial charge in [0.05, 0.1) is 25.0 Å². The summed E-state index contributed by atoms with van der Waals surface area (Å²) in [6, 6.07) is 10.3. The van der Waals surface area contributed by atoms with Crippen molar-refractivity contribution in [3.8, 4) is 5.75 Å². The number of carbonyl (C=O) groups excluding carboxylic acids is 1. The smallest absolute Gasteiger partial charge is 0.257 e. The largest absolute Gasteiger partial charge is 0.497 e. The van der Waals surface area contributed by atoms with Gasteiger partial charge in [0.25, 0.3) is 5.91 Å². The summed E-state index contributed by atoms with van der Waals surface area (Å²) in [7, 11) is 1.59. The predicted molar refractivity (Wildman–Crippen MR) is 71.1 cm³/mol. The Labute approximate surface area is 110 Å². The first-order chi connectivity index (χ1) is 9.22. The molecule has 0 bridgehead atoms. The van der Waals surface area contributed by atoms with E-state index in [1.165, 1.54) is 6.20 Å². The first-order valence-electron chi connectivity index (χ1n) is 5.74. The number of amides is 1. The van der Waals surface area contributed by atoms with Crippen molar-refractivity contribution in [1.82, 2.24) is 4.98 Å². The van der Waals surface area contributed by atoms with Crippen LogP contribution in [0.15, 0.2) is 42.6 Å². The Hall–Kier alpha value is -2.40. The number of pyridine rings is 1. The second-order valence-corrected chi connectivity index (χ2v) is 3.88. The lowest BCUT2D eigenvalue weighted by Gasteiger charge is -2.06. The number of benzene rings is 1. The van der Waals surface area contributed by atoms with Gasteiger partial charge in [0.1, 0.15) is 5.75 Å². The molecule has 1 aromatic carbocycles. The molecule has 2 aromatic rings. The average molecular weight is 258 g/mol. The highest BCUT2D eigenvalue weighted by Gasteiger charge is 2.06. The summed E-state index contributed by atoms with van der Waals surface area (Å²) in [6.45, 7) is -0.139. The zero-order chi connectivity index (χ0) is 13.7. The van der Waals surface area contributed by atoms with Gasteiger partial charge in [-0.25, -0.2) is 0 Å². The van der Waals surface area contributed by atoms with Crippen LogP contribution in [0.4, 0.5) is 5.69 Å². The van der Waals surface area contributed by atoms with Crippen LogP contribution in [0, 0.1) is 0 Å². The van der Waals surface area contributed by atoms with Gasteiger partial charge in [-0.1, -0.05) is 0 Å². The van der Waals surface area contributed by atoms with Crippen LogP contribution in [0.2, 0.25) is 0 Å². The summed E-state index contributed by atoms with van der Waals surface area (Å²) >= 11 is 0. The highest BCUT2D eigenvalue weighted by molar-refractivity contribution is 6.04. The highest BCUT2D eigenvalue weighted by Crippen LogP contribution is 2.15. The Morgan fingerprint density at radius 2 is 2.00 bits per heavy atom. The molecule has 0 atom stereocenters. The molecule has 98 valence electrons. The van der Waals surface area contributed by atoms with E-state index in [2.05, 4.69) is 10.3 Å². The van der Waals surface area contributed by atoms with Crippen molar-refractivity contribution < 1.29 is 14.6 Å². The number of rotatable bonds is 4. The van der Waals surface area contributed by atoms with Gasteiger partial charge in [-0.15, -0.1) is 0 Å². The number of carbonyl (C=O) groups is 1. The summed E-state index contributed by atoms with van der Waals surface area (Å²) < 4.78 is 5.04. The maximum absolute atomic E-state index is 11.9. The van der Waals surface area contributed by atoms with Crippen molar-refractivity contribution in [1.29, 1.82) is 0 Å². The number of hydrogen-bond acceptors (Lipinski definition) is 4. The van der Waals surface area contributed by atoms with Crippen molar-refractivity contribution in [2.75, 3.05) is 12.4 Å². The molecule has 2 rings (SSSR count). The number of hydrogen-bond donors (Lipinski definition) is 2. The SMILES string of the molecule is COc1ccc(NC(=O)c2ccc(CO)nc2)cc1. The van der Waals surface area contributed by atoms with Crippen molar-refractivity contribution >= 4 is 11.6 Å². The molecule has 0 aliphatic carbocycles. The fourth-order valence-electron chi connectivity index (χ4n) is 1.53. The van der Waals surface area contributed by atoms with Crippen molar-refractivity contribution in [2.24, 2.45) is 0 Å². The van der Waals surface area contributed by atoms with Gasteiger partial charge in [-0.05, 0) is 36.4 Å². The van der Waals surface area contributed by atoms with Crippen LogP contribution in [-0.2, 0) is 6.61 Å². The van der Waals surface area contributed by atoms with E-state index < -0.39 is 0 Å². The van der Waals surface area contributed by atoms with Gasteiger partial charge in [0, 0.05) is 11.9 Å². The van der Waals surface area contributed by atoms with Gasteiger partial charge < -0.3 is 15.2 Å². The van der Waals surface area contributed by atoms with Crippen LogP contribution < -0.4 is 10.1 Å². The molecule has 1 amide bonds. The van der Waals surface area contributed by atoms with Crippen molar-refractivity contribution in [2.45, 2.75) is 6.61 Å². The number of anilines is 1. The van der Waals surface area contributed by atoms with E-state index in [1.54, 1.807) is 43.5 Å². The van der Waals surface area contributed by atoms with Gasteiger partial charge in [-0.2, -0.15) is 0 Å². The van der Waals surface area contributed by atoms with Crippen molar-refractivity contribution in [3.05, 3.63) is 53.9 Å². The Kier molecular flexibility index (Phi) is 4.10. The zero-order valence-corrected chi connectivity index (χ0v) is 10.5. The van der Waals surface area contributed by atoms with E-state index >= 15 is 0 Å². The van der Waals surface area contributed by atoms with E-state index in [4.69, 9.17) is 9.84 Å². The van der Waals surface area contributed by atoms with E-state index in [9.17, 15) is 4.79 Å². The first-order valence-corrected chi connectivity index (χ1v) is 5.74. The second-order valence-electron chi connectivity index (χ2n) is 3.88. The lowest BCUT2D eigenvalue weighted by molar-refractivity contribution is 0.102. The number of aliphatic hydroxyl groups excluding tert-OH is 1. The number of methoxy groups -OCH3 is 1. The molecule has 0 aliphatic heterocycles. The topological polar surface area (TPSA) is 71.5 Å². The third kappa shape index (κ3) is 3.29. The molecular weight excluding hydrogens is 244 g/mol. The molecule has 2 N–H and O–H groups in total. The Balaban J connectivity index is 2.06. The minimum absolute atomic E-state index is 0.139. The molecule has 1 aromatic heterocycles. The van der Waals surface area contributed by atoms with Crippen LogP contribution in [-0.4, -0.2) is 23.1 Å². The standard InChI is InChI=1S/C14H14N2O3/c1-19-13-6-4-11(5-7-13)16-14(18)10-2-3-12(9-17)15-8-10/h2-8,17H,9H2,1H3,(H,16,18). The number of aliphatic hydroxyl groups is 1. The van der Waals surface area contributed by atoms with Crippen LogP contribution >= 0.6 is 0 Å². The van der Waals surface area contributed by atoms with Crippen LogP contribution in [0.3, 0.4) is 0 Å². The molecule has 0 unspecified atom stereocenters. The Morgan fingerprint density at radius 1 is 1.26 bits per heavy atom. The molecule has 0 saturated carbocycles. The minimum Gasteiger partial charge on any atom is -0.497 e. The van der Waals surface area contributed by atoms with E-state index in [0.29, 0.717) is 16.9 Å². The van der Waals surface area contributed by atoms with E-state index in [1.807, 2.05) is 0 Å². The normalized spacial score (nSPS) is 10.0. The lowest BCUT2D eigenvalue weighted by atomic mass is 10.2. The zero-order valence-electron chi connectivity index (χ0n) is 10.5. The maximum atomic E-state index is 11.9.